The molecule has 0 aliphatic rings. The highest BCUT2D eigenvalue weighted by Crippen LogP contribution is 2.25. The van der Waals surface area contributed by atoms with Gasteiger partial charge in [0.05, 0.1) is 0 Å². The number of nitrogens with one attached hydrogen (secondary N) is 1. The lowest BCUT2D eigenvalue weighted by Crippen LogP contribution is -2.23. The van der Waals surface area contributed by atoms with Gasteiger partial charge in [-0.3, -0.25) is 0 Å². The molecule has 0 saturated carbocycles. The Morgan fingerprint density at radius 1 is 0.950 bits per heavy atom. The first kappa shape index (κ1) is 15.7. The maximum atomic E-state index is 13.9. The van der Waals surface area contributed by atoms with E-state index in [1.165, 1.54) is 11.6 Å². The monoisotopic (exact) mass is 399 g/mol. The molecule has 0 aliphatic carbocycles. The maximum absolute atomic E-state index is 13.9. The lowest BCUT2D eigenvalue weighted by molar-refractivity contribution is 0.473. The molecule has 1 nitrogen and oxygen atoms in total. The Labute approximate surface area is 135 Å². The second kappa shape index (κ2) is 6.83. The first-order valence-electron chi connectivity index (χ1n) is 6.44. The summed E-state index contributed by atoms with van der Waals surface area (Å²) in [6, 6.07) is 13.2. The van der Waals surface area contributed by atoms with Crippen LogP contribution >= 0.6 is 31.9 Å². The smallest absolute Gasteiger partial charge is 0.128 e. The lowest BCUT2D eigenvalue weighted by atomic mass is 10.0. The number of halogens is 3. The van der Waals surface area contributed by atoms with Crippen LogP contribution in [0.15, 0.2) is 51.4 Å². The predicted molar refractivity (Wildman–Crippen MR) is 88.2 cm³/mol. The first-order valence-corrected chi connectivity index (χ1v) is 8.02. The molecule has 0 aliphatic heterocycles. The topological polar surface area (TPSA) is 12.0 Å². The van der Waals surface area contributed by atoms with Crippen LogP contribution in [-0.2, 0) is 0 Å². The van der Waals surface area contributed by atoms with Gasteiger partial charge in [-0.15, -0.1) is 0 Å². The Kier molecular flexibility index (Phi) is 5.35. The van der Waals surface area contributed by atoms with Gasteiger partial charge >= 0.3 is 0 Å². The molecule has 0 saturated heterocycles. The average molecular weight is 401 g/mol. The summed E-state index contributed by atoms with van der Waals surface area (Å²) >= 11 is 6.85. The predicted octanol–water partition coefficient (Wildman–Crippen LogP) is 5.76. The van der Waals surface area contributed by atoms with Crippen LogP contribution in [0.1, 0.15) is 37.1 Å². The van der Waals surface area contributed by atoms with Gasteiger partial charge in [-0.05, 0) is 49.7 Å². The highest BCUT2D eigenvalue weighted by molar-refractivity contribution is 9.10. The van der Waals surface area contributed by atoms with Crippen LogP contribution < -0.4 is 5.32 Å². The largest absolute Gasteiger partial charge is 0.304 e. The van der Waals surface area contributed by atoms with Gasteiger partial charge in [-0.2, -0.15) is 0 Å². The minimum Gasteiger partial charge on any atom is -0.304 e. The quantitative estimate of drug-likeness (QED) is 0.687. The highest BCUT2D eigenvalue weighted by atomic mass is 79.9. The van der Waals surface area contributed by atoms with Gasteiger partial charge in [-0.25, -0.2) is 4.39 Å². The van der Waals surface area contributed by atoms with Crippen molar-refractivity contribution in [3.63, 3.8) is 0 Å². The molecule has 1 N–H and O–H groups in total. The van der Waals surface area contributed by atoms with Crippen molar-refractivity contribution in [3.8, 4) is 0 Å². The van der Waals surface area contributed by atoms with Crippen LogP contribution in [-0.4, -0.2) is 0 Å². The van der Waals surface area contributed by atoms with Crippen LogP contribution in [0, 0.1) is 5.82 Å². The maximum Gasteiger partial charge on any atom is 0.128 e. The zero-order valence-corrected chi connectivity index (χ0v) is 14.5. The molecule has 4 heteroatoms. The van der Waals surface area contributed by atoms with E-state index in [1.54, 1.807) is 6.07 Å². The van der Waals surface area contributed by atoms with E-state index in [0.717, 1.165) is 8.95 Å². The van der Waals surface area contributed by atoms with Crippen molar-refractivity contribution >= 4 is 31.9 Å². The second-order valence-corrected chi connectivity index (χ2v) is 6.66. The van der Waals surface area contributed by atoms with Crippen LogP contribution in [0.25, 0.3) is 0 Å². The van der Waals surface area contributed by atoms with E-state index >= 15 is 0 Å². The average Bonchev–Trinajstić information content (AvgIpc) is 2.41. The SMILES string of the molecule is CC(N[C@H](C)c1cccc(Br)c1)c1cc(Br)ccc1F. The van der Waals surface area contributed by atoms with Gasteiger partial charge in [0.1, 0.15) is 5.82 Å². The Hall–Kier alpha value is -0.710. The summed E-state index contributed by atoms with van der Waals surface area (Å²) in [5, 5.41) is 3.43. The minimum absolute atomic E-state index is 0.0681. The Morgan fingerprint density at radius 2 is 1.65 bits per heavy atom. The molecule has 0 aromatic heterocycles. The number of rotatable bonds is 4. The van der Waals surface area contributed by atoms with Crippen LogP contribution in [0.2, 0.25) is 0 Å². The fourth-order valence-corrected chi connectivity index (χ4v) is 2.98. The lowest BCUT2D eigenvalue weighted by Gasteiger charge is -2.21. The van der Waals surface area contributed by atoms with Crippen molar-refractivity contribution in [1.82, 2.24) is 5.32 Å². The fraction of sp³-hybridized carbons (Fsp3) is 0.250. The molecule has 20 heavy (non-hydrogen) atoms. The van der Waals surface area contributed by atoms with E-state index in [1.807, 2.05) is 25.1 Å². The van der Waals surface area contributed by atoms with Gasteiger partial charge in [-0.1, -0.05) is 44.0 Å². The van der Waals surface area contributed by atoms with E-state index in [0.29, 0.717) is 5.56 Å². The second-order valence-electron chi connectivity index (χ2n) is 4.83. The van der Waals surface area contributed by atoms with Crippen molar-refractivity contribution in [2.24, 2.45) is 0 Å². The van der Waals surface area contributed by atoms with E-state index in [2.05, 4.69) is 56.2 Å². The number of hydrogen-bond acceptors (Lipinski definition) is 1. The molecule has 0 amide bonds. The van der Waals surface area contributed by atoms with Crippen LogP contribution in [0.3, 0.4) is 0 Å². The summed E-state index contributed by atoms with van der Waals surface area (Å²) in [6.45, 7) is 4.05. The molecule has 2 rings (SSSR count). The molecular formula is C16H16Br2FN. The summed E-state index contributed by atoms with van der Waals surface area (Å²) in [6.07, 6.45) is 0. The molecule has 2 aromatic rings. The highest BCUT2D eigenvalue weighted by Gasteiger charge is 2.15. The van der Waals surface area contributed by atoms with Gasteiger partial charge in [0.2, 0.25) is 0 Å². The number of benzene rings is 2. The Bertz CT molecular complexity index is 601. The van der Waals surface area contributed by atoms with Gasteiger partial charge < -0.3 is 5.32 Å². The van der Waals surface area contributed by atoms with Crippen LogP contribution in [0.5, 0.6) is 0 Å². The van der Waals surface area contributed by atoms with E-state index in [9.17, 15) is 4.39 Å². The van der Waals surface area contributed by atoms with Crippen molar-refractivity contribution < 1.29 is 4.39 Å². The summed E-state index contributed by atoms with van der Waals surface area (Å²) in [4.78, 5) is 0. The molecule has 106 valence electrons. The summed E-state index contributed by atoms with van der Waals surface area (Å²) < 4.78 is 15.8. The normalized spacial score (nSPS) is 14.1. The van der Waals surface area contributed by atoms with Gasteiger partial charge in [0.25, 0.3) is 0 Å². The van der Waals surface area contributed by atoms with E-state index in [-0.39, 0.29) is 17.9 Å². The minimum atomic E-state index is -0.186. The van der Waals surface area contributed by atoms with Gasteiger partial charge in [0, 0.05) is 26.6 Å². The van der Waals surface area contributed by atoms with E-state index < -0.39 is 0 Å². The molecule has 0 radical (unpaired) electrons. The summed E-state index contributed by atoms with van der Waals surface area (Å²) in [7, 11) is 0. The standard InChI is InChI=1S/C16H16Br2FN/c1-10(12-4-3-5-13(17)8-12)20-11(2)15-9-14(18)6-7-16(15)19/h3-11,20H,1-2H3/t10-,11?/m1/s1. The fourth-order valence-electron chi connectivity index (χ4n) is 2.18. The van der Waals surface area contributed by atoms with Crippen molar-refractivity contribution in [2.45, 2.75) is 25.9 Å². The van der Waals surface area contributed by atoms with Crippen molar-refractivity contribution in [1.29, 1.82) is 0 Å². The first-order chi connectivity index (χ1) is 9.47. The molecule has 2 atom stereocenters. The molecule has 0 spiro atoms. The third kappa shape index (κ3) is 3.90. The summed E-state index contributed by atoms with van der Waals surface area (Å²) in [5.41, 5.74) is 1.84. The number of hydrogen-bond donors (Lipinski definition) is 1. The summed E-state index contributed by atoms with van der Waals surface area (Å²) in [5.74, 6) is -0.186. The van der Waals surface area contributed by atoms with E-state index in [4.69, 9.17) is 0 Å². The molecule has 0 heterocycles. The molecule has 0 bridgehead atoms. The van der Waals surface area contributed by atoms with Crippen molar-refractivity contribution in [2.75, 3.05) is 0 Å². The molecule has 2 aromatic carbocycles. The molecule has 0 fully saturated rings. The Morgan fingerprint density at radius 3 is 2.35 bits per heavy atom. The molecule has 1 unspecified atom stereocenters. The zero-order valence-electron chi connectivity index (χ0n) is 11.3. The van der Waals surface area contributed by atoms with Crippen LogP contribution in [0.4, 0.5) is 4.39 Å². The van der Waals surface area contributed by atoms with Crippen molar-refractivity contribution in [3.05, 3.63) is 68.4 Å². The Balaban J connectivity index is 2.15. The van der Waals surface area contributed by atoms with Gasteiger partial charge in [0.15, 0.2) is 0 Å². The third-order valence-electron chi connectivity index (χ3n) is 3.27. The third-order valence-corrected chi connectivity index (χ3v) is 4.26. The zero-order chi connectivity index (χ0) is 14.7. The molecular weight excluding hydrogens is 385 g/mol.